The first kappa shape index (κ1) is 19.3. The summed E-state index contributed by atoms with van der Waals surface area (Å²) in [6, 6.07) is 13.9. The number of hydrogen-bond acceptors (Lipinski definition) is 5. The molecule has 26 heavy (non-hydrogen) atoms. The molecule has 1 atom stereocenters. The summed E-state index contributed by atoms with van der Waals surface area (Å²) in [5.41, 5.74) is 0.888. The number of carbonyl (C=O) groups excluding carboxylic acids is 2. The summed E-state index contributed by atoms with van der Waals surface area (Å²) in [7, 11) is 1.61. The summed E-state index contributed by atoms with van der Waals surface area (Å²) in [6.07, 6.45) is 0.348. The van der Waals surface area contributed by atoms with Gasteiger partial charge in [-0.2, -0.15) is 0 Å². The van der Waals surface area contributed by atoms with Crippen molar-refractivity contribution in [1.82, 2.24) is 5.32 Å². The Labute approximate surface area is 153 Å². The molecule has 0 aliphatic rings. The number of benzene rings is 2. The van der Waals surface area contributed by atoms with Gasteiger partial charge in [-0.3, -0.25) is 4.79 Å². The Bertz CT molecular complexity index is 725. The Morgan fingerprint density at radius 1 is 0.962 bits per heavy atom. The van der Waals surface area contributed by atoms with Crippen LogP contribution in [-0.4, -0.2) is 31.6 Å². The molecule has 138 valence electrons. The number of nitrogens with one attached hydrogen (secondary N) is 1. The predicted octanol–water partition coefficient (Wildman–Crippen LogP) is 3.10. The lowest BCUT2D eigenvalue weighted by atomic mass is 10.1. The van der Waals surface area contributed by atoms with E-state index in [2.05, 4.69) is 5.32 Å². The summed E-state index contributed by atoms with van der Waals surface area (Å²) in [6.45, 7) is 3.37. The Hall–Kier alpha value is -3.02. The molecule has 0 fully saturated rings. The first-order valence-electron chi connectivity index (χ1n) is 8.36. The van der Waals surface area contributed by atoms with Crippen LogP contribution in [0, 0.1) is 0 Å². The molecule has 0 spiro atoms. The molecule has 2 aromatic carbocycles. The molecule has 2 aromatic rings. The van der Waals surface area contributed by atoms with Gasteiger partial charge in [0.15, 0.2) is 0 Å². The first-order chi connectivity index (χ1) is 12.5. The van der Waals surface area contributed by atoms with Crippen LogP contribution in [0.3, 0.4) is 0 Å². The normalized spacial score (nSPS) is 11.3. The highest BCUT2D eigenvalue weighted by molar-refractivity contribution is 5.83. The lowest BCUT2D eigenvalue weighted by Crippen LogP contribution is -2.42. The van der Waals surface area contributed by atoms with Gasteiger partial charge in [0.1, 0.15) is 23.3 Å². The van der Waals surface area contributed by atoms with Crippen molar-refractivity contribution < 1.29 is 23.8 Å². The largest absolute Gasteiger partial charge is 0.497 e. The van der Waals surface area contributed by atoms with E-state index in [0.717, 1.165) is 11.3 Å². The minimum Gasteiger partial charge on any atom is -0.497 e. The predicted molar refractivity (Wildman–Crippen MR) is 97.5 cm³/mol. The molecule has 0 heterocycles. The Kier molecular flexibility index (Phi) is 7.02. The van der Waals surface area contributed by atoms with Crippen molar-refractivity contribution in [2.24, 2.45) is 0 Å². The van der Waals surface area contributed by atoms with Crippen molar-refractivity contribution in [1.29, 1.82) is 0 Å². The molecular formula is C20H23NO5. The first-order valence-corrected chi connectivity index (χ1v) is 8.36. The lowest BCUT2D eigenvalue weighted by Gasteiger charge is -2.16. The minimum atomic E-state index is -0.708. The fourth-order valence-electron chi connectivity index (χ4n) is 2.39. The second-order valence-electron chi connectivity index (χ2n) is 5.63. The van der Waals surface area contributed by atoms with Crippen LogP contribution >= 0.6 is 0 Å². The number of ether oxygens (including phenoxy) is 3. The Morgan fingerprint density at radius 2 is 1.50 bits per heavy atom. The summed E-state index contributed by atoms with van der Waals surface area (Å²) < 4.78 is 15.9. The van der Waals surface area contributed by atoms with E-state index in [1.54, 1.807) is 14.0 Å². The topological polar surface area (TPSA) is 73.9 Å². The van der Waals surface area contributed by atoms with E-state index in [-0.39, 0.29) is 12.5 Å². The Balaban J connectivity index is 2.02. The van der Waals surface area contributed by atoms with Gasteiger partial charge in [0.05, 0.1) is 13.7 Å². The molecule has 2 rings (SSSR count). The number of rotatable bonds is 8. The van der Waals surface area contributed by atoms with Crippen LogP contribution in [0.1, 0.15) is 19.4 Å². The van der Waals surface area contributed by atoms with Gasteiger partial charge in [-0.15, -0.1) is 0 Å². The van der Waals surface area contributed by atoms with E-state index < -0.39 is 12.0 Å². The highest BCUT2D eigenvalue weighted by Crippen LogP contribution is 2.24. The van der Waals surface area contributed by atoms with Gasteiger partial charge in [-0.1, -0.05) is 12.1 Å². The van der Waals surface area contributed by atoms with Gasteiger partial charge in [0.2, 0.25) is 5.91 Å². The van der Waals surface area contributed by atoms with Crippen LogP contribution in [0.4, 0.5) is 0 Å². The summed E-state index contributed by atoms with van der Waals surface area (Å²) in [5.74, 6) is 1.41. The summed E-state index contributed by atoms with van der Waals surface area (Å²) in [5, 5.41) is 2.62. The highest BCUT2D eigenvalue weighted by Gasteiger charge is 2.21. The fraction of sp³-hybridized carbons (Fsp3) is 0.300. The van der Waals surface area contributed by atoms with Gasteiger partial charge in [-0.25, -0.2) is 4.79 Å². The van der Waals surface area contributed by atoms with Crippen LogP contribution in [0.5, 0.6) is 17.2 Å². The second-order valence-corrected chi connectivity index (χ2v) is 5.63. The molecule has 1 N–H and O–H groups in total. The van der Waals surface area contributed by atoms with Crippen molar-refractivity contribution in [2.45, 2.75) is 26.3 Å². The van der Waals surface area contributed by atoms with Crippen molar-refractivity contribution in [3.05, 3.63) is 54.1 Å². The number of hydrogen-bond donors (Lipinski definition) is 1. The molecule has 0 saturated carbocycles. The summed E-state index contributed by atoms with van der Waals surface area (Å²) in [4.78, 5) is 23.3. The van der Waals surface area contributed by atoms with Crippen LogP contribution in [0.25, 0.3) is 0 Å². The third kappa shape index (κ3) is 5.81. The number of amides is 1. The average molecular weight is 357 g/mol. The van der Waals surface area contributed by atoms with Gasteiger partial charge >= 0.3 is 5.97 Å². The maximum absolute atomic E-state index is 12.0. The molecule has 0 radical (unpaired) electrons. The average Bonchev–Trinajstić information content (AvgIpc) is 2.63. The quantitative estimate of drug-likeness (QED) is 0.735. The molecule has 0 aliphatic carbocycles. The Morgan fingerprint density at radius 3 is 2.00 bits per heavy atom. The maximum Gasteiger partial charge on any atom is 0.328 e. The number of carbonyl (C=O) groups is 2. The third-order valence-corrected chi connectivity index (χ3v) is 3.61. The van der Waals surface area contributed by atoms with E-state index in [9.17, 15) is 9.59 Å². The molecule has 0 bridgehead atoms. The fourth-order valence-corrected chi connectivity index (χ4v) is 2.39. The van der Waals surface area contributed by atoms with E-state index in [1.165, 1.54) is 6.92 Å². The van der Waals surface area contributed by atoms with E-state index >= 15 is 0 Å². The molecule has 6 heteroatoms. The second kappa shape index (κ2) is 9.46. The lowest BCUT2D eigenvalue weighted by molar-refractivity contribution is -0.147. The molecule has 1 amide bonds. The summed E-state index contributed by atoms with van der Waals surface area (Å²) >= 11 is 0. The van der Waals surface area contributed by atoms with Gasteiger partial charge in [-0.05, 0) is 48.9 Å². The van der Waals surface area contributed by atoms with Crippen LogP contribution in [-0.2, 0) is 20.7 Å². The zero-order valence-electron chi connectivity index (χ0n) is 15.2. The van der Waals surface area contributed by atoms with Crippen LogP contribution < -0.4 is 14.8 Å². The van der Waals surface area contributed by atoms with Crippen molar-refractivity contribution in [2.75, 3.05) is 13.7 Å². The van der Waals surface area contributed by atoms with Gasteiger partial charge in [0, 0.05) is 13.3 Å². The smallest absolute Gasteiger partial charge is 0.328 e. The van der Waals surface area contributed by atoms with Gasteiger partial charge in [0.25, 0.3) is 0 Å². The van der Waals surface area contributed by atoms with Crippen LogP contribution in [0.2, 0.25) is 0 Å². The minimum absolute atomic E-state index is 0.267. The highest BCUT2D eigenvalue weighted by atomic mass is 16.5. The van der Waals surface area contributed by atoms with E-state index in [1.807, 2.05) is 48.5 Å². The monoisotopic (exact) mass is 357 g/mol. The molecule has 0 saturated heterocycles. The van der Waals surface area contributed by atoms with Crippen LogP contribution in [0.15, 0.2) is 48.5 Å². The maximum atomic E-state index is 12.0. The molecule has 0 aromatic heterocycles. The standard InChI is InChI=1S/C20H23NO5/c1-4-25-20(23)19(21-14(2)22)13-15-5-7-17(8-6-15)26-18-11-9-16(24-3)10-12-18/h5-12,19H,4,13H2,1-3H3,(H,21,22)/t19-/m0/s1. The zero-order chi connectivity index (χ0) is 18.9. The van der Waals surface area contributed by atoms with Crippen molar-refractivity contribution in [3.63, 3.8) is 0 Å². The van der Waals surface area contributed by atoms with Crippen molar-refractivity contribution in [3.8, 4) is 17.2 Å². The molecule has 0 unspecified atom stereocenters. The van der Waals surface area contributed by atoms with E-state index in [4.69, 9.17) is 14.2 Å². The van der Waals surface area contributed by atoms with E-state index in [0.29, 0.717) is 17.9 Å². The molecule has 0 aliphatic heterocycles. The zero-order valence-corrected chi connectivity index (χ0v) is 15.2. The number of esters is 1. The van der Waals surface area contributed by atoms with Gasteiger partial charge < -0.3 is 19.5 Å². The number of methoxy groups -OCH3 is 1. The third-order valence-electron chi connectivity index (χ3n) is 3.61. The molecule has 6 nitrogen and oxygen atoms in total. The van der Waals surface area contributed by atoms with Crippen molar-refractivity contribution >= 4 is 11.9 Å². The SMILES string of the molecule is CCOC(=O)[C@H](Cc1ccc(Oc2ccc(OC)cc2)cc1)NC(C)=O. The molecular weight excluding hydrogens is 334 g/mol.